The lowest BCUT2D eigenvalue weighted by molar-refractivity contribution is -0.119. The Balaban J connectivity index is 1.74. The van der Waals surface area contributed by atoms with Gasteiger partial charge in [-0.25, -0.2) is 8.42 Å². The van der Waals surface area contributed by atoms with Gasteiger partial charge in [0.05, 0.1) is 17.1 Å². The molecule has 0 unspecified atom stereocenters. The Labute approximate surface area is 202 Å². The van der Waals surface area contributed by atoms with Gasteiger partial charge in [0.1, 0.15) is 18.9 Å². The second-order valence-electron chi connectivity index (χ2n) is 8.49. The molecule has 0 heterocycles. The smallest absolute Gasteiger partial charge is 0.264 e. The maximum absolute atomic E-state index is 13.5. The van der Waals surface area contributed by atoms with Crippen molar-refractivity contribution >= 4 is 21.6 Å². The number of hydrogen-bond acceptors (Lipinski definition) is 4. The van der Waals surface area contributed by atoms with Gasteiger partial charge in [-0.05, 0) is 87.2 Å². The highest BCUT2D eigenvalue weighted by molar-refractivity contribution is 7.92. The van der Waals surface area contributed by atoms with E-state index in [4.69, 9.17) is 4.74 Å². The van der Waals surface area contributed by atoms with Crippen LogP contribution in [-0.2, 0) is 14.8 Å². The third-order valence-electron chi connectivity index (χ3n) is 5.91. The fraction of sp³-hybridized carbons (Fsp3) is 0.296. The zero-order valence-electron chi connectivity index (χ0n) is 20.4. The van der Waals surface area contributed by atoms with Gasteiger partial charge in [0.2, 0.25) is 5.91 Å². The molecule has 3 rings (SSSR count). The van der Waals surface area contributed by atoms with Crippen LogP contribution < -0.4 is 14.4 Å². The first-order valence-electron chi connectivity index (χ1n) is 11.2. The first-order chi connectivity index (χ1) is 16.1. The largest absolute Gasteiger partial charge is 0.491 e. The molecule has 0 saturated heterocycles. The van der Waals surface area contributed by atoms with Crippen molar-refractivity contribution in [1.29, 1.82) is 0 Å². The first-order valence-corrected chi connectivity index (χ1v) is 12.7. The van der Waals surface area contributed by atoms with Gasteiger partial charge in [-0.2, -0.15) is 0 Å². The summed E-state index contributed by atoms with van der Waals surface area (Å²) in [5.74, 6) is 0.367. The van der Waals surface area contributed by atoms with Gasteiger partial charge in [-0.1, -0.05) is 35.9 Å². The van der Waals surface area contributed by atoms with E-state index >= 15 is 0 Å². The standard InChI is InChI=1S/C27H32N2O4S/c1-19-9-13-25(14-10-19)34(31,32)29(24-12-11-20(2)22(4)17-24)18-27(30)28-15-16-33-26-8-6-7-21(3)23(26)5/h6-14,17H,15-16,18H2,1-5H3,(H,28,30). The van der Waals surface area contributed by atoms with Crippen molar-refractivity contribution < 1.29 is 17.9 Å². The number of nitrogens with zero attached hydrogens (tertiary/aromatic N) is 1. The SMILES string of the molecule is Cc1ccc(S(=O)(=O)N(CC(=O)NCCOc2cccc(C)c2C)c2ccc(C)c(C)c2)cc1. The van der Waals surface area contributed by atoms with Crippen LogP contribution in [0.3, 0.4) is 0 Å². The molecule has 6 nitrogen and oxygen atoms in total. The Kier molecular flexibility index (Phi) is 7.99. The lowest BCUT2D eigenvalue weighted by atomic mass is 10.1. The molecular formula is C27H32N2O4S. The number of carbonyl (C=O) groups is 1. The fourth-order valence-electron chi connectivity index (χ4n) is 3.45. The summed E-state index contributed by atoms with van der Waals surface area (Å²) >= 11 is 0. The number of nitrogens with one attached hydrogen (secondary N) is 1. The zero-order chi connectivity index (χ0) is 24.9. The van der Waals surface area contributed by atoms with E-state index in [9.17, 15) is 13.2 Å². The number of carbonyl (C=O) groups excluding carboxylic acids is 1. The Hall–Kier alpha value is -3.32. The molecule has 0 aliphatic carbocycles. The molecule has 0 aliphatic heterocycles. The molecule has 0 aliphatic rings. The van der Waals surface area contributed by atoms with Crippen LogP contribution in [0, 0.1) is 34.6 Å². The molecule has 180 valence electrons. The van der Waals surface area contributed by atoms with E-state index in [1.165, 1.54) is 0 Å². The molecule has 1 amide bonds. The molecular weight excluding hydrogens is 448 g/mol. The minimum absolute atomic E-state index is 0.141. The summed E-state index contributed by atoms with van der Waals surface area (Å²) in [5.41, 5.74) is 5.59. The van der Waals surface area contributed by atoms with E-state index in [-0.39, 0.29) is 24.6 Å². The maximum Gasteiger partial charge on any atom is 0.264 e. The van der Waals surface area contributed by atoms with Crippen molar-refractivity contribution in [2.45, 2.75) is 39.5 Å². The summed E-state index contributed by atoms with van der Waals surface area (Å²) < 4.78 is 33.9. The van der Waals surface area contributed by atoms with Crippen LogP contribution >= 0.6 is 0 Å². The first kappa shape index (κ1) is 25.3. The number of amides is 1. The lowest BCUT2D eigenvalue weighted by Crippen LogP contribution is -2.42. The summed E-state index contributed by atoms with van der Waals surface area (Å²) in [7, 11) is -3.94. The predicted molar refractivity (Wildman–Crippen MR) is 136 cm³/mol. The molecule has 0 fully saturated rings. The van der Waals surface area contributed by atoms with Gasteiger partial charge in [0.15, 0.2) is 0 Å². The lowest BCUT2D eigenvalue weighted by Gasteiger charge is -2.25. The average Bonchev–Trinajstić information content (AvgIpc) is 2.80. The van der Waals surface area contributed by atoms with Gasteiger partial charge in [0, 0.05) is 0 Å². The van der Waals surface area contributed by atoms with Crippen LogP contribution in [-0.4, -0.2) is 34.0 Å². The van der Waals surface area contributed by atoms with Gasteiger partial charge in [-0.15, -0.1) is 0 Å². The number of anilines is 1. The second kappa shape index (κ2) is 10.7. The topological polar surface area (TPSA) is 75.7 Å². The molecule has 0 bridgehead atoms. The van der Waals surface area contributed by atoms with Crippen molar-refractivity contribution in [2.24, 2.45) is 0 Å². The summed E-state index contributed by atoms with van der Waals surface area (Å²) in [5, 5.41) is 2.78. The molecule has 34 heavy (non-hydrogen) atoms. The molecule has 0 aromatic heterocycles. The highest BCUT2D eigenvalue weighted by Gasteiger charge is 2.27. The minimum Gasteiger partial charge on any atom is -0.491 e. The number of hydrogen-bond donors (Lipinski definition) is 1. The zero-order valence-corrected chi connectivity index (χ0v) is 21.2. The molecule has 3 aromatic carbocycles. The molecule has 1 N–H and O–H groups in total. The number of aryl methyl sites for hydroxylation is 4. The molecule has 0 saturated carbocycles. The van der Waals surface area contributed by atoms with E-state index in [1.54, 1.807) is 36.4 Å². The highest BCUT2D eigenvalue weighted by Crippen LogP contribution is 2.26. The highest BCUT2D eigenvalue weighted by atomic mass is 32.2. The van der Waals surface area contributed by atoms with Crippen molar-refractivity contribution in [1.82, 2.24) is 5.32 Å². The normalized spacial score (nSPS) is 11.2. The monoisotopic (exact) mass is 480 g/mol. The van der Waals surface area contributed by atoms with Gasteiger partial charge < -0.3 is 10.1 Å². The summed E-state index contributed by atoms with van der Waals surface area (Å²) in [6, 6.07) is 17.8. The molecule has 0 atom stereocenters. The van der Waals surface area contributed by atoms with Crippen LogP contribution in [0.2, 0.25) is 0 Å². The van der Waals surface area contributed by atoms with Crippen molar-refractivity contribution in [3.8, 4) is 5.75 Å². The number of sulfonamides is 1. The van der Waals surface area contributed by atoms with Crippen molar-refractivity contribution in [3.05, 3.63) is 88.5 Å². The number of benzene rings is 3. The van der Waals surface area contributed by atoms with Crippen LogP contribution in [0.25, 0.3) is 0 Å². The van der Waals surface area contributed by atoms with Crippen LogP contribution in [0.15, 0.2) is 65.6 Å². The second-order valence-corrected chi connectivity index (χ2v) is 10.4. The van der Waals surface area contributed by atoms with E-state index in [0.29, 0.717) is 5.69 Å². The molecule has 3 aromatic rings. The van der Waals surface area contributed by atoms with E-state index < -0.39 is 15.9 Å². The Bertz CT molecular complexity index is 1270. The Morgan fingerprint density at radius 3 is 2.26 bits per heavy atom. The summed E-state index contributed by atoms with van der Waals surface area (Å²) in [4.78, 5) is 12.9. The van der Waals surface area contributed by atoms with Crippen LogP contribution in [0.1, 0.15) is 27.8 Å². The molecule has 0 radical (unpaired) electrons. The average molecular weight is 481 g/mol. The van der Waals surface area contributed by atoms with E-state index in [1.807, 2.05) is 58.9 Å². The Morgan fingerprint density at radius 2 is 1.59 bits per heavy atom. The third-order valence-corrected chi connectivity index (χ3v) is 7.70. The van der Waals surface area contributed by atoms with Crippen LogP contribution in [0.4, 0.5) is 5.69 Å². The summed E-state index contributed by atoms with van der Waals surface area (Å²) in [6.07, 6.45) is 0. The summed E-state index contributed by atoms with van der Waals surface area (Å²) in [6.45, 7) is 9.98. The predicted octanol–water partition coefficient (Wildman–Crippen LogP) is 4.62. The maximum atomic E-state index is 13.5. The molecule has 0 spiro atoms. The van der Waals surface area contributed by atoms with Gasteiger partial charge in [0.25, 0.3) is 10.0 Å². The van der Waals surface area contributed by atoms with Crippen molar-refractivity contribution in [3.63, 3.8) is 0 Å². The van der Waals surface area contributed by atoms with E-state index in [0.717, 1.165) is 37.9 Å². The number of ether oxygens (including phenoxy) is 1. The van der Waals surface area contributed by atoms with E-state index in [2.05, 4.69) is 5.32 Å². The minimum atomic E-state index is -3.94. The van der Waals surface area contributed by atoms with Gasteiger partial charge >= 0.3 is 0 Å². The van der Waals surface area contributed by atoms with Crippen LogP contribution in [0.5, 0.6) is 5.75 Å². The number of rotatable bonds is 9. The quantitative estimate of drug-likeness (QED) is 0.454. The third kappa shape index (κ3) is 5.97. The van der Waals surface area contributed by atoms with Gasteiger partial charge in [-0.3, -0.25) is 9.10 Å². The Morgan fingerprint density at radius 1 is 0.882 bits per heavy atom. The van der Waals surface area contributed by atoms with Crippen molar-refractivity contribution in [2.75, 3.05) is 24.0 Å². The molecule has 7 heteroatoms. The fourth-order valence-corrected chi connectivity index (χ4v) is 4.86.